The van der Waals surface area contributed by atoms with Crippen molar-refractivity contribution in [2.24, 2.45) is 23.5 Å². The number of quaternary nitrogens is 1. The molecule has 0 spiro atoms. The molecule has 3 aliphatic heterocycles. The summed E-state index contributed by atoms with van der Waals surface area (Å²) >= 11 is 0. The molecular weight excluding hydrogens is 358 g/mol. The maximum absolute atomic E-state index is 13.3. The Balaban J connectivity index is 1.80. The van der Waals surface area contributed by atoms with Crippen molar-refractivity contribution in [2.75, 3.05) is 26.7 Å². The van der Waals surface area contributed by atoms with Gasteiger partial charge in [0, 0.05) is 20.0 Å². The second-order valence-electron chi connectivity index (χ2n) is 8.93. The SMILES string of the molecule is CNC(=O)C1CC2C(=O)N3CCCC(C)C3NC2[NH+](CCCOC(C)C)C1N. The van der Waals surface area contributed by atoms with Crippen molar-refractivity contribution in [2.45, 2.75) is 71.1 Å². The summed E-state index contributed by atoms with van der Waals surface area (Å²) in [5, 5.41) is 6.50. The Bertz CT molecular complexity index is 572. The molecule has 0 saturated carbocycles. The number of piperidine rings is 2. The first-order valence-corrected chi connectivity index (χ1v) is 10.9. The van der Waals surface area contributed by atoms with E-state index in [1.807, 2.05) is 18.7 Å². The average Bonchev–Trinajstić information content (AvgIpc) is 2.66. The predicted octanol–water partition coefficient (Wildman–Crippen LogP) is -1.13. The molecule has 7 atom stereocenters. The Labute approximate surface area is 168 Å². The largest absolute Gasteiger partial charge is 0.379 e. The molecule has 0 bridgehead atoms. The Morgan fingerprint density at radius 1 is 1.46 bits per heavy atom. The Hall–Kier alpha value is -1.22. The van der Waals surface area contributed by atoms with Crippen LogP contribution in [-0.4, -0.2) is 68.1 Å². The van der Waals surface area contributed by atoms with Crippen molar-refractivity contribution < 1.29 is 19.2 Å². The van der Waals surface area contributed by atoms with E-state index in [4.69, 9.17) is 10.5 Å². The van der Waals surface area contributed by atoms with Crippen LogP contribution in [0, 0.1) is 17.8 Å². The van der Waals surface area contributed by atoms with Gasteiger partial charge in [0.2, 0.25) is 11.8 Å². The lowest BCUT2D eigenvalue weighted by Gasteiger charge is -2.54. The number of carbonyl (C=O) groups is 2. The van der Waals surface area contributed by atoms with E-state index in [9.17, 15) is 9.59 Å². The van der Waals surface area contributed by atoms with Gasteiger partial charge in [0.05, 0.1) is 25.4 Å². The van der Waals surface area contributed by atoms with E-state index in [0.717, 1.165) is 37.3 Å². The number of nitrogens with zero attached hydrogens (tertiary/aromatic N) is 1. The van der Waals surface area contributed by atoms with Gasteiger partial charge in [-0.1, -0.05) is 6.92 Å². The van der Waals surface area contributed by atoms with E-state index in [2.05, 4.69) is 17.6 Å². The van der Waals surface area contributed by atoms with E-state index >= 15 is 0 Å². The van der Waals surface area contributed by atoms with Gasteiger partial charge in [-0.15, -0.1) is 0 Å². The number of nitrogens with one attached hydrogen (secondary N) is 3. The Morgan fingerprint density at radius 2 is 2.21 bits per heavy atom. The van der Waals surface area contributed by atoms with Crippen molar-refractivity contribution in [3.05, 3.63) is 0 Å². The number of ether oxygens (including phenoxy) is 1. The molecule has 3 fully saturated rings. The van der Waals surface area contributed by atoms with E-state index in [1.54, 1.807) is 7.05 Å². The molecule has 0 aromatic heterocycles. The van der Waals surface area contributed by atoms with Gasteiger partial charge in [-0.05, 0) is 39.0 Å². The molecule has 3 heterocycles. The highest BCUT2D eigenvalue weighted by Crippen LogP contribution is 2.32. The fourth-order valence-electron chi connectivity index (χ4n) is 5.21. The summed E-state index contributed by atoms with van der Waals surface area (Å²) in [5.74, 6) is -0.000592. The van der Waals surface area contributed by atoms with Crippen molar-refractivity contribution in [1.82, 2.24) is 15.5 Å². The molecule has 0 aromatic rings. The molecule has 0 aromatic carbocycles. The number of nitrogens with two attached hydrogens (primary N) is 1. The molecule has 8 heteroatoms. The van der Waals surface area contributed by atoms with Crippen LogP contribution in [0.5, 0.6) is 0 Å². The molecule has 160 valence electrons. The summed E-state index contributed by atoms with van der Waals surface area (Å²) in [6, 6.07) is 0. The molecule has 5 N–H and O–H groups in total. The average molecular weight is 397 g/mol. The first-order valence-electron chi connectivity index (χ1n) is 10.9. The molecule has 7 unspecified atom stereocenters. The zero-order valence-corrected chi connectivity index (χ0v) is 17.7. The number of likely N-dealkylation sites (tertiary alicyclic amines) is 1. The normalized spacial score (nSPS) is 38.1. The van der Waals surface area contributed by atoms with Gasteiger partial charge in [0.1, 0.15) is 11.8 Å². The van der Waals surface area contributed by atoms with Gasteiger partial charge >= 0.3 is 0 Å². The van der Waals surface area contributed by atoms with Crippen molar-refractivity contribution >= 4 is 11.8 Å². The van der Waals surface area contributed by atoms with Gasteiger partial charge in [0.15, 0.2) is 12.3 Å². The molecule has 3 saturated heterocycles. The zero-order valence-electron chi connectivity index (χ0n) is 17.7. The highest BCUT2D eigenvalue weighted by atomic mass is 16.5. The van der Waals surface area contributed by atoms with Crippen LogP contribution >= 0.6 is 0 Å². The Kier molecular flexibility index (Phi) is 6.96. The predicted molar refractivity (Wildman–Crippen MR) is 106 cm³/mol. The second kappa shape index (κ2) is 9.07. The number of hydrogen-bond acceptors (Lipinski definition) is 5. The molecule has 0 radical (unpaired) electrons. The monoisotopic (exact) mass is 396 g/mol. The zero-order chi connectivity index (χ0) is 20.4. The number of hydrogen-bond donors (Lipinski definition) is 4. The van der Waals surface area contributed by atoms with Gasteiger partial charge < -0.3 is 19.9 Å². The lowest BCUT2D eigenvalue weighted by atomic mass is 9.79. The third-order valence-electron chi connectivity index (χ3n) is 6.70. The summed E-state index contributed by atoms with van der Waals surface area (Å²) < 4.78 is 5.69. The minimum absolute atomic E-state index is 0.0377. The second-order valence-corrected chi connectivity index (χ2v) is 8.93. The van der Waals surface area contributed by atoms with Gasteiger partial charge in [-0.3, -0.25) is 15.3 Å². The summed E-state index contributed by atoms with van der Waals surface area (Å²) in [4.78, 5) is 28.9. The fourth-order valence-corrected chi connectivity index (χ4v) is 5.21. The van der Waals surface area contributed by atoms with Crippen LogP contribution in [-0.2, 0) is 14.3 Å². The van der Waals surface area contributed by atoms with Crippen LogP contribution in [0.3, 0.4) is 0 Å². The summed E-state index contributed by atoms with van der Waals surface area (Å²) in [7, 11) is 1.64. The van der Waals surface area contributed by atoms with Crippen molar-refractivity contribution in [3.63, 3.8) is 0 Å². The fraction of sp³-hybridized carbons (Fsp3) is 0.900. The highest BCUT2D eigenvalue weighted by Gasteiger charge is 2.55. The van der Waals surface area contributed by atoms with E-state index < -0.39 is 0 Å². The van der Waals surface area contributed by atoms with Crippen molar-refractivity contribution in [1.29, 1.82) is 0 Å². The van der Waals surface area contributed by atoms with Crippen LogP contribution in [0.1, 0.15) is 46.5 Å². The molecule has 3 aliphatic rings. The lowest BCUT2D eigenvalue weighted by Crippen LogP contribution is -3.26. The molecule has 8 nitrogen and oxygen atoms in total. The molecule has 28 heavy (non-hydrogen) atoms. The molecular formula is C20H38N5O3+. The minimum atomic E-state index is -0.350. The highest BCUT2D eigenvalue weighted by molar-refractivity contribution is 5.83. The van der Waals surface area contributed by atoms with Gasteiger partial charge in [-0.2, -0.15) is 0 Å². The topological polar surface area (TPSA) is 101 Å². The standard InChI is InChI=1S/C20H37N5O3/c1-12(2)28-10-6-9-24-16(21)14(19(26)22-4)11-15-18(24)23-17-13(3)7-5-8-25(17)20(15)27/h12-18,23H,5-11,21H2,1-4H3,(H,22,26)/p+1. The quantitative estimate of drug-likeness (QED) is 0.426. The number of amides is 2. The van der Waals surface area contributed by atoms with Gasteiger partial charge in [-0.25, -0.2) is 5.32 Å². The van der Waals surface area contributed by atoms with Crippen molar-refractivity contribution in [3.8, 4) is 0 Å². The Morgan fingerprint density at radius 3 is 2.89 bits per heavy atom. The maximum Gasteiger partial charge on any atom is 0.234 e. The van der Waals surface area contributed by atoms with E-state index in [-0.39, 0.29) is 48.3 Å². The molecule has 0 aliphatic carbocycles. The lowest BCUT2D eigenvalue weighted by molar-refractivity contribution is -0.965. The van der Waals surface area contributed by atoms with E-state index in [0.29, 0.717) is 18.9 Å². The molecule has 3 rings (SSSR count). The maximum atomic E-state index is 13.3. The van der Waals surface area contributed by atoms with E-state index in [1.165, 1.54) is 0 Å². The number of carbonyl (C=O) groups excluding carboxylic acids is 2. The first kappa shape index (κ1) is 21.5. The minimum Gasteiger partial charge on any atom is -0.379 e. The van der Waals surface area contributed by atoms with Gasteiger partial charge in [0.25, 0.3) is 0 Å². The van der Waals surface area contributed by atoms with Crippen LogP contribution in [0.2, 0.25) is 0 Å². The summed E-state index contributed by atoms with van der Waals surface area (Å²) in [6.45, 7) is 8.51. The van der Waals surface area contributed by atoms with Crippen LogP contribution in [0.25, 0.3) is 0 Å². The third-order valence-corrected chi connectivity index (χ3v) is 6.70. The smallest absolute Gasteiger partial charge is 0.234 e. The first-order chi connectivity index (χ1) is 13.3. The number of fused-ring (bicyclic) bond motifs is 2. The summed E-state index contributed by atoms with van der Waals surface area (Å²) in [6.07, 6.45) is 3.45. The van der Waals surface area contributed by atoms with Crippen LogP contribution < -0.4 is 21.3 Å². The molecule has 2 amide bonds. The number of rotatable bonds is 6. The third kappa shape index (κ3) is 4.20. The van der Waals surface area contributed by atoms with Crippen LogP contribution in [0.4, 0.5) is 0 Å². The van der Waals surface area contributed by atoms with Crippen LogP contribution in [0.15, 0.2) is 0 Å². The summed E-state index contributed by atoms with van der Waals surface area (Å²) in [5.41, 5.74) is 6.59.